The lowest BCUT2D eigenvalue weighted by Crippen LogP contribution is -2.31. The van der Waals surface area contributed by atoms with E-state index in [0.29, 0.717) is 0 Å². The minimum atomic E-state index is -0.166. The molecule has 1 atom stereocenters. The van der Waals surface area contributed by atoms with Crippen LogP contribution in [-0.2, 0) is 11.3 Å². The van der Waals surface area contributed by atoms with Crippen molar-refractivity contribution in [2.24, 2.45) is 0 Å². The van der Waals surface area contributed by atoms with Crippen molar-refractivity contribution < 1.29 is 4.79 Å². The molecule has 4 rings (SSSR count). The van der Waals surface area contributed by atoms with Crippen molar-refractivity contribution in [1.29, 1.82) is 0 Å². The Labute approximate surface area is 201 Å². The lowest BCUT2D eigenvalue weighted by molar-refractivity contribution is -0.117. The van der Waals surface area contributed by atoms with Crippen LogP contribution in [0.4, 0.5) is 11.5 Å². The van der Waals surface area contributed by atoms with Crippen molar-refractivity contribution in [2.75, 3.05) is 36.4 Å². The molecule has 1 aromatic heterocycles. The first kappa shape index (κ1) is 23.3. The van der Waals surface area contributed by atoms with Gasteiger partial charge in [-0.25, -0.2) is 4.98 Å². The highest BCUT2D eigenvalue weighted by Crippen LogP contribution is 2.23. The van der Waals surface area contributed by atoms with Gasteiger partial charge in [0, 0.05) is 37.7 Å². The van der Waals surface area contributed by atoms with Gasteiger partial charge in [0.2, 0.25) is 5.91 Å². The maximum Gasteiger partial charge on any atom is 0.231 e. The Kier molecular flexibility index (Phi) is 7.97. The van der Waals surface area contributed by atoms with Crippen LogP contribution >= 0.6 is 11.6 Å². The number of hydrogen-bond donors (Lipinski definition) is 1. The number of pyridine rings is 1. The Morgan fingerprint density at radius 2 is 1.79 bits per heavy atom. The first-order valence-electron chi connectivity index (χ1n) is 11.7. The summed E-state index contributed by atoms with van der Waals surface area (Å²) < 4.78 is 0. The summed E-state index contributed by atoms with van der Waals surface area (Å²) in [4.78, 5) is 22.2. The normalized spacial score (nSPS) is 15.6. The van der Waals surface area contributed by atoms with Gasteiger partial charge >= 0.3 is 0 Å². The molecule has 2 aromatic carbocycles. The fraction of sp³-hybridized carbons (Fsp3) is 0.333. The Bertz CT molecular complexity index is 1040. The second-order valence-corrected chi connectivity index (χ2v) is 8.88. The molecule has 1 saturated heterocycles. The smallest absolute Gasteiger partial charge is 0.231 e. The van der Waals surface area contributed by atoms with Crippen LogP contribution < -0.4 is 10.2 Å². The Balaban J connectivity index is 1.34. The third-order valence-corrected chi connectivity index (χ3v) is 6.58. The summed E-state index contributed by atoms with van der Waals surface area (Å²) in [5, 5.41) is 3.86. The minimum Gasteiger partial charge on any atom is -0.355 e. The molecule has 6 heteroatoms. The average Bonchev–Trinajstić information content (AvgIpc) is 3.08. The van der Waals surface area contributed by atoms with Crippen LogP contribution in [0.15, 0.2) is 72.9 Å². The lowest BCUT2D eigenvalue weighted by atomic mass is 9.95. The molecule has 0 radical (unpaired) electrons. The zero-order valence-corrected chi connectivity index (χ0v) is 19.8. The number of carbonyl (C=O) groups excluding carboxylic acids is 1. The number of anilines is 2. The molecule has 2 heterocycles. The number of hydrogen-bond acceptors (Lipinski definition) is 4. The number of nitrogens with one attached hydrogen (secondary N) is 1. The first-order valence-corrected chi connectivity index (χ1v) is 12.0. The number of nitrogens with zero attached hydrogens (tertiary/aromatic N) is 3. The van der Waals surface area contributed by atoms with Crippen molar-refractivity contribution in [2.45, 2.75) is 32.2 Å². The van der Waals surface area contributed by atoms with Crippen molar-refractivity contribution in [3.05, 3.63) is 89.1 Å². The molecule has 0 unspecified atom stereocenters. The quantitative estimate of drug-likeness (QED) is 0.498. The predicted octanol–water partition coefficient (Wildman–Crippen LogP) is 5.58. The molecule has 3 aromatic rings. The van der Waals surface area contributed by atoms with Gasteiger partial charge in [-0.05, 0) is 42.2 Å². The number of rotatable bonds is 7. The van der Waals surface area contributed by atoms with E-state index in [1.54, 1.807) is 6.20 Å². The van der Waals surface area contributed by atoms with Crippen LogP contribution in [0.1, 0.15) is 36.8 Å². The van der Waals surface area contributed by atoms with Crippen LogP contribution in [0.5, 0.6) is 0 Å². The van der Waals surface area contributed by atoms with Crippen molar-refractivity contribution in [1.82, 2.24) is 9.88 Å². The van der Waals surface area contributed by atoms with E-state index in [1.807, 2.05) is 67.6 Å². The number of amides is 1. The Morgan fingerprint density at radius 1 is 1.00 bits per heavy atom. The van der Waals surface area contributed by atoms with Crippen LogP contribution in [-0.4, -0.2) is 42.0 Å². The molecule has 1 aliphatic heterocycles. The highest BCUT2D eigenvalue weighted by Gasteiger charge is 2.20. The molecule has 0 aliphatic carbocycles. The molecular weight excluding hydrogens is 432 g/mol. The van der Waals surface area contributed by atoms with Gasteiger partial charge in [0.05, 0.1) is 17.8 Å². The number of aromatic nitrogens is 1. The summed E-state index contributed by atoms with van der Waals surface area (Å²) in [6.07, 6.45) is 3.58. The predicted molar refractivity (Wildman–Crippen MR) is 136 cm³/mol. The molecular formula is C27H31ClN4O. The molecule has 1 fully saturated rings. The molecule has 0 bridgehead atoms. The molecule has 0 spiro atoms. The lowest BCUT2D eigenvalue weighted by Gasteiger charge is -2.23. The zero-order chi connectivity index (χ0) is 23.0. The molecule has 1 N–H and O–H groups in total. The third kappa shape index (κ3) is 6.12. The minimum absolute atomic E-state index is 0.00300. The SMILES string of the molecule is CC[C@H](C(=O)Nc1ccc(N2CCCN(Cc3ccccc3Cl)CC2)nc1)c1ccccc1. The molecule has 172 valence electrons. The summed E-state index contributed by atoms with van der Waals surface area (Å²) >= 11 is 6.35. The van der Waals surface area contributed by atoms with Crippen molar-refractivity contribution >= 4 is 29.0 Å². The Hall–Kier alpha value is -2.89. The van der Waals surface area contributed by atoms with Crippen LogP contribution in [0, 0.1) is 0 Å². The summed E-state index contributed by atoms with van der Waals surface area (Å²) in [6.45, 7) is 6.77. The fourth-order valence-electron chi connectivity index (χ4n) is 4.36. The van der Waals surface area contributed by atoms with E-state index >= 15 is 0 Å². The van der Waals surface area contributed by atoms with E-state index < -0.39 is 0 Å². The molecule has 33 heavy (non-hydrogen) atoms. The van der Waals surface area contributed by atoms with Crippen molar-refractivity contribution in [3.8, 4) is 0 Å². The van der Waals surface area contributed by atoms with Crippen LogP contribution in [0.3, 0.4) is 0 Å². The summed E-state index contributed by atoms with van der Waals surface area (Å²) in [6, 6.07) is 21.9. The Morgan fingerprint density at radius 3 is 2.52 bits per heavy atom. The van der Waals surface area contributed by atoms with E-state index in [9.17, 15) is 4.79 Å². The highest BCUT2D eigenvalue weighted by atomic mass is 35.5. The molecule has 5 nitrogen and oxygen atoms in total. The summed E-state index contributed by atoms with van der Waals surface area (Å²) in [7, 11) is 0. The van der Waals surface area contributed by atoms with Gasteiger partial charge in [0.15, 0.2) is 0 Å². The van der Waals surface area contributed by atoms with Gasteiger partial charge in [-0.15, -0.1) is 0 Å². The summed E-state index contributed by atoms with van der Waals surface area (Å²) in [5.74, 6) is 0.784. The average molecular weight is 463 g/mol. The maximum absolute atomic E-state index is 12.8. The van der Waals surface area contributed by atoms with Gasteiger partial charge in [-0.2, -0.15) is 0 Å². The molecule has 1 amide bonds. The van der Waals surface area contributed by atoms with E-state index in [2.05, 4.69) is 26.2 Å². The third-order valence-electron chi connectivity index (χ3n) is 6.21. The largest absolute Gasteiger partial charge is 0.355 e. The van der Waals surface area contributed by atoms with Crippen LogP contribution in [0.25, 0.3) is 0 Å². The number of benzene rings is 2. The van der Waals surface area contributed by atoms with Gasteiger partial charge in [-0.3, -0.25) is 9.69 Å². The zero-order valence-electron chi connectivity index (χ0n) is 19.1. The number of halogens is 1. The van der Waals surface area contributed by atoms with E-state index in [4.69, 9.17) is 11.6 Å². The van der Waals surface area contributed by atoms with Gasteiger partial charge in [-0.1, -0.05) is 67.1 Å². The summed E-state index contributed by atoms with van der Waals surface area (Å²) in [5.41, 5.74) is 2.94. The van der Waals surface area contributed by atoms with Crippen molar-refractivity contribution in [3.63, 3.8) is 0 Å². The molecule has 1 aliphatic rings. The van der Waals surface area contributed by atoms with Gasteiger partial charge < -0.3 is 10.2 Å². The number of carbonyl (C=O) groups is 1. The maximum atomic E-state index is 12.8. The van der Waals surface area contributed by atoms with E-state index in [-0.39, 0.29) is 11.8 Å². The van der Waals surface area contributed by atoms with Crippen LogP contribution in [0.2, 0.25) is 5.02 Å². The van der Waals surface area contributed by atoms with E-state index in [1.165, 1.54) is 5.56 Å². The second-order valence-electron chi connectivity index (χ2n) is 8.47. The van der Waals surface area contributed by atoms with Gasteiger partial charge in [0.25, 0.3) is 0 Å². The fourth-order valence-corrected chi connectivity index (χ4v) is 4.56. The monoisotopic (exact) mass is 462 g/mol. The first-order chi connectivity index (χ1) is 16.1. The van der Waals surface area contributed by atoms with E-state index in [0.717, 1.165) is 67.7 Å². The standard InChI is InChI=1S/C27H31ClN4O/c1-2-24(21-9-4-3-5-10-21)27(33)30-23-13-14-26(29-19-23)32-16-8-15-31(17-18-32)20-22-11-6-7-12-25(22)28/h3-7,9-14,19,24H,2,8,15-18,20H2,1H3,(H,30,33)/t24-/m0/s1. The molecule has 0 saturated carbocycles. The van der Waals surface area contributed by atoms with Gasteiger partial charge in [0.1, 0.15) is 5.82 Å². The highest BCUT2D eigenvalue weighted by molar-refractivity contribution is 6.31. The second kappa shape index (κ2) is 11.3. The topological polar surface area (TPSA) is 48.5 Å².